The van der Waals surface area contributed by atoms with Crippen LogP contribution in [0.25, 0.3) is 22.3 Å². The predicted molar refractivity (Wildman–Crippen MR) is 167 cm³/mol. The van der Waals surface area contributed by atoms with Crippen LogP contribution < -0.4 is 9.64 Å². The minimum Gasteiger partial charge on any atom is -0.472 e. The van der Waals surface area contributed by atoms with Crippen molar-refractivity contribution in [2.75, 3.05) is 31.8 Å². The number of rotatable bonds is 5. The molecule has 0 spiro atoms. The highest BCUT2D eigenvalue weighted by atomic mass is 35.5. The Morgan fingerprint density at radius 2 is 1.76 bits per heavy atom. The quantitative estimate of drug-likeness (QED) is 0.233. The maximum absolute atomic E-state index is 15.8. The number of hydrogen-bond acceptors (Lipinski definition) is 7. The molecular formula is C33H29Cl2FN4O5. The molecule has 1 amide bonds. The number of carbonyl (C=O) groups excluding carboxylic acids is 2. The van der Waals surface area contributed by atoms with Gasteiger partial charge in [0.15, 0.2) is 6.73 Å². The smallest absolute Gasteiger partial charge is 0.340 e. The molecular weight excluding hydrogens is 622 g/mol. The minimum atomic E-state index is -0.611. The van der Waals surface area contributed by atoms with Gasteiger partial charge in [-0.15, -0.1) is 0 Å². The first-order chi connectivity index (χ1) is 21.7. The fourth-order valence-electron chi connectivity index (χ4n) is 6.40. The molecule has 1 aromatic heterocycles. The third-order valence-electron chi connectivity index (χ3n) is 8.57. The molecule has 2 atom stereocenters. The summed E-state index contributed by atoms with van der Waals surface area (Å²) in [5, 5.41) is 4.60. The fourth-order valence-corrected chi connectivity index (χ4v) is 7.05. The number of methoxy groups -OCH3 is 1. The van der Waals surface area contributed by atoms with Gasteiger partial charge in [0, 0.05) is 48.6 Å². The van der Waals surface area contributed by atoms with E-state index in [2.05, 4.69) is 10.00 Å². The summed E-state index contributed by atoms with van der Waals surface area (Å²) in [4.78, 5) is 29.9. The summed E-state index contributed by atoms with van der Waals surface area (Å²) in [5.41, 5.74) is 3.96. The molecule has 12 heteroatoms. The Morgan fingerprint density at radius 3 is 2.42 bits per heavy atom. The summed E-state index contributed by atoms with van der Waals surface area (Å²) in [6.45, 7) is 1.29. The highest BCUT2D eigenvalue weighted by molar-refractivity contribution is 6.40. The fraction of sp³-hybridized carbons (Fsp3) is 0.303. The molecule has 3 aromatic carbocycles. The molecule has 232 valence electrons. The Hall–Kier alpha value is -4.12. The van der Waals surface area contributed by atoms with E-state index < -0.39 is 17.7 Å². The van der Waals surface area contributed by atoms with Crippen molar-refractivity contribution in [3.05, 3.63) is 87.4 Å². The van der Waals surface area contributed by atoms with Gasteiger partial charge in [-0.3, -0.25) is 9.48 Å². The van der Waals surface area contributed by atoms with Crippen molar-refractivity contribution in [3.8, 4) is 28.0 Å². The van der Waals surface area contributed by atoms with Gasteiger partial charge in [-0.05, 0) is 42.7 Å². The van der Waals surface area contributed by atoms with Crippen molar-refractivity contribution in [2.24, 2.45) is 7.05 Å². The topological polar surface area (TPSA) is 86.1 Å². The molecule has 9 nitrogen and oxygen atoms in total. The van der Waals surface area contributed by atoms with Crippen molar-refractivity contribution in [1.82, 2.24) is 14.7 Å². The predicted octanol–water partition coefficient (Wildman–Crippen LogP) is 6.35. The van der Waals surface area contributed by atoms with Gasteiger partial charge < -0.3 is 24.0 Å². The lowest BCUT2D eigenvalue weighted by Crippen LogP contribution is -2.43. The van der Waals surface area contributed by atoms with E-state index >= 15 is 4.39 Å². The van der Waals surface area contributed by atoms with Crippen LogP contribution in [0.15, 0.2) is 54.9 Å². The van der Waals surface area contributed by atoms with Crippen LogP contribution >= 0.6 is 23.2 Å². The van der Waals surface area contributed by atoms with Crippen molar-refractivity contribution < 1.29 is 28.2 Å². The first kappa shape index (κ1) is 29.6. The molecule has 2 fully saturated rings. The number of esters is 1. The van der Waals surface area contributed by atoms with Crippen molar-refractivity contribution in [1.29, 1.82) is 0 Å². The van der Waals surface area contributed by atoms with Crippen LogP contribution in [-0.4, -0.2) is 65.7 Å². The van der Waals surface area contributed by atoms with E-state index in [0.717, 1.165) is 24.0 Å². The standard InChI is InChI=1S/C33H29Cl2FN4O5/c1-38-13-20(12-37-38)19-8-26(34)30(27(35)9-19)32(41)40-14-18-4-3-5-23(31(18)44-17-40)24-11-29(25(10-28(24)36)33(42)43-2)39-15-21-6-7-22(16-39)45-21/h3-5,8-13,21-22H,6-7,14-17H2,1-2H3. The molecule has 7 rings (SSSR count). The van der Waals surface area contributed by atoms with E-state index in [4.69, 9.17) is 37.4 Å². The number of morpholine rings is 1. The number of para-hydroxylation sites is 1. The van der Waals surface area contributed by atoms with Crippen LogP contribution in [0.4, 0.5) is 10.1 Å². The monoisotopic (exact) mass is 650 g/mol. The molecule has 4 heterocycles. The number of anilines is 1. The molecule has 45 heavy (non-hydrogen) atoms. The average molecular weight is 652 g/mol. The zero-order chi connectivity index (χ0) is 31.4. The molecule has 0 aliphatic carbocycles. The minimum absolute atomic E-state index is 0.0626. The molecule has 2 bridgehead atoms. The van der Waals surface area contributed by atoms with Gasteiger partial charge >= 0.3 is 5.97 Å². The zero-order valence-electron chi connectivity index (χ0n) is 24.6. The summed E-state index contributed by atoms with van der Waals surface area (Å²) in [7, 11) is 3.09. The van der Waals surface area contributed by atoms with Crippen LogP contribution in [0.2, 0.25) is 10.0 Å². The zero-order valence-corrected chi connectivity index (χ0v) is 26.1. The second kappa shape index (κ2) is 11.7. The number of halogens is 3. The van der Waals surface area contributed by atoms with E-state index in [1.807, 2.05) is 19.3 Å². The average Bonchev–Trinajstić information content (AvgIpc) is 3.63. The third-order valence-corrected chi connectivity index (χ3v) is 9.17. The van der Waals surface area contributed by atoms with E-state index in [0.29, 0.717) is 35.7 Å². The van der Waals surface area contributed by atoms with E-state index in [1.54, 1.807) is 41.2 Å². The lowest BCUT2D eigenvalue weighted by Gasteiger charge is -2.35. The van der Waals surface area contributed by atoms with Gasteiger partial charge in [0.1, 0.15) is 11.6 Å². The van der Waals surface area contributed by atoms with E-state index in [1.165, 1.54) is 18.1 Å². The van der Waals surface area contributed by atoms with Crippen LogP contribution in [0, 0.1) is 5.82 Å². The lowest BCUT2D eigenvalue weighted by atomic mass is 9.96. The maximum atomic E-state index is 15.8. The molecule has 0 radical (unpaired) electrons. The van der Waals surface area contributed by atoms with Gasteiger partial charge in [0.05, 0.1) is 58.9 Å². The Morgan fingerprint density at radius 1 is 1.02 bits per heavy atom. The molecule has 2 saturated heterocycles. The van der Waals surface area contributed by atoms with Crippen LogP contribution in [0.3, 0.4) is 0 Å². The number of aryl methyl sites for hydroxylation is 1. The Labute approximate surface area is 269 Å². The number of benzene rings is 3. The Bertz CT molecular complexity index is 1810. The normalized spacial score (nSPS) is 18.9. The third kappa shape index (κ3) is 5.41. The highest BCUT2D eigenvalue weighted by Gasteiger charge is 2.36. The summed E-state index contributed by atoms with van der Waals surface area (Å²) < 4.78 is 34.6. The lowest BCUT2D eigenvalue weighted by molar-refractivity contribution is 0.0302. The van der Waals surface area contributed by atoms with E-state index in [9.17, 15) is 9.59 Å². The van der Waals surface area contributed by atoms with Gasteiger partial charge in [-0.2, -0.15) is 5.10 Å². The highest BCUT2D eigenvalue weighted by Crippen LogP contribution is 2.42. The second-order valence-corrected chi connectivity index (χ2v) is 12.3. The molecule has 3 aliphatic heterocycles. The first-order valence-electron chi connectivity index (χ1n) is 14.5. The molecule has 3 aliphatic rings. The van der Waals surface area contributed by atoms with E-state index in [-0.39, 0.29) is 52.2 Å². The number of hydrogen-bond donors (Lipinski definition) is 0. The summed E-state index contributed by atoms with van der Waals surface area (Å²) in [6, 6.07) is 11.7. The molecule has 0 saturated carbocycles. The van der Waals surface area contributed by atoms with Crippen molar-refractivity contribution >= 4 is 40.8 Å². The molecule has 4 aromatic rings. The number of fused-ring (bicyclic) bond motifs is 3. The summed E-state index contributed by atoms with van der Waals surface area (Å²) in [6.07, 6.45) is 5.54. The maximum Gasteiger partial charge on any atom is 0.340 e. The number of nitrogens with zero attached hydrogens (tertiary/aromatic N) is 4. The summed E-state index contributed by atoms with van der Waals surface area (Å²) in [5.74, 6) is -1.13. The van der Waals surface area contributed by atoms with Crippen LogP contribution in [0.5, 0.6) is 5.75 Å². The Kier molecular flexibility index (Phi) is 7.67. The number of amides is 1. The number of ether oxygens (including phenoxy) is 3. The van der Waals surface area contributed by atoms with Crippen LogP contribution in [0.1, 0.15) is 39.1 Å². The molecule has 0 N–H and O–H groups in total. The van der Waals surface area contributed by atoms with Gasteiger partial charge in [0.2, 0.25) is 0 Å². The van der Waals surface area contributed by atoms with Crippen LogP contribution in [-0.2, 0) is 23.1 Å². The Balaban J connectivity index is 1.20. The second-order valence-electron chi connectivity index (χ2n) is 11.5. The summed E-state index contributed by atoms with van der Waals surface area (Å²) >= 11 is 13.2. The van der Waals surface area contributed by atoms with Gasteiger partial charge in [-0.1, -0.05) is 41.4 Å². The van der Waals surface area contributed by atoms with Gasteiger partial charge in [0.25, 0.3) is 5.91 Å². The number of carbonyl (C=O) groups is 2. The van der Waals surface area contributed by atoms with Crippen molar-refractivity contribution in [2.45, 2.75) is 31.6 Å². The number of aromatic nitrogens is 2. The SMILES string of the molecule is COC(=O)c1cc(F)c(-c2cccc3c2OCN(C(=O)c2c(Cl)cc(-c4cnn(C)c4)cc2Cl)C3)cc1N1CC2CCC(C1)O2. The first-order valence-corrected chi connectivity index (χ1v) is 15.3. The largest absolute Gasteiger partial charge is 0.472 e. The van der Waals surface area contributed by atoms with Gasteiger partial charge in [-0.25, -0.2) is 9.18 Å². The van der Waals surface area contributed by atoms with Crippen molar-refractivity contribution in [3.63, 3.8) is 0 Å². The molecule has 2 unspecified atom stereocenters.